The van der Waals surface area contributed by atoms with Crippen molar-refractivity contribution in [1.82, 2.24) is 0 Å². The van der Waals surface area contributed by atoms with Gasteiger partial charge in [0, 0.05) is 5.41 Å². The second-order valence-corrected chi connectivity index (χ2v) is 4.80. The van der Waals surface area contributed by atoms with E-state index in [2.05, 4.69) is 13.0 Å². The van der Waals surface area contributed by atoms with E-state index >= 15 is 0 Å². The first kappa shape index (κ1) is 13.2. The van der Waals surface area contributed by atoms with Crippen molar-refractivity contribution in [2.45, 2.75) is 19.3 Å². The molecular formula is C17H18O2. The number of hydrogen-bond donors (Lipinski definition) is 2. The number of hydrogen-bond acceptors (Lipinski definition) is 2. The molecule has 0 bridgehead atoms. The van der Waals surface area contributed by atoms with Crippen LogP contribution in [0, 0.1) is 0 Å². The molecule has 0 spiro atoms. The molecule has 0 saturated heterocycles. The number of benzene rings is 2. The van der Waals surface area contributed by atoms with Gasteiger partial charge in [0.1, 0.15) is 11.5 Å². The van der Waals surface area contributed by atoms with Gasteiger partial charge in [0.2, 0.25) is 0 Å². The largest absolute Gasteiger partial charge is 0.508 e. The number of allylic oxidation sites excluding steroid dienone is 2. The first-order chi connectivity index (χ1) is 9.06. The maximum absolute atomic E-state index is 9.41. The van der Waals surface area contributed by atoms with Crippen molar-refractivity contribution in [3.8, 4) is 11.5 Å². The minimum Gasteiger partial charge on any atom is -0.508 e. The van der Waals surface area contributed by atoms with Crippen LogP contribution in [0.4, 0.5) is 0 Å². The summed E-state index contributed by atoms with van der Waals surface area (Å²) in [7, 11) is 0. The van der Waals surface area contributed by atoms with Gasteiger partial charge in [0.15, 0.2) is 0 Å². The fourth-order valence-corrected chi connectivity index (χ4v) is 2.31. The molecule has 0 radical (unpaired) electrons. The molecule has 0 aromatic heterocycles. The Morgan fingerprint density at radius 1 is 0.789 bits per heavy atom. The molecule has 0 aliphatic rings. The van der Waals surface area contributed by atoms with Crippen molar-refractivity contribution in [2.75, 3.05) is 0 Å². The Kier molecular flexibility index (Phi) is 3.61. The second kappa shape index (κ2) is 5.19. The molecule has 19 heavy (non-hydrogen) atoms. The molecule has 0 aliphatic heterocycles. The smallest absolute Gasteiger partial charge is 0.115 e. The lowest BCUT2D eigenvalue weighted by Crippen LogP contribution is -2.20. The van der Waals surface area contributed by atoms with E-state index in [1.165, 1.54) is 0 Å². The maximum atomic E-state index is 9.41. The summed E-state index contributed by atoms with van der Waals surface area (Å²) >= 11 is 0. The lowest BCUT2D eigenvalue weighted by Gasteiger charge is -2.27. The first-order valence-electron chi connectivity index (χ1n) is 6.29. The number of phenols is 2. The molecule has 2 N–H and O–H groups in total. The van der Waals surface area contributed by atoms with Crippen LogP contribution in [0.2, 0.25) is 0 Å². The van der Waals surface area contributed by atoms with Crippen molar-refractivity contribution >= 4 is 0 Å². The van der Waals surface area contributed by atoms with Crippen LogP contribution < -0.4 is 0 Å². The summed E-state index contributed by atoms with van der Waals surface area (Å²) in [6.07, 6.45) is 4.13. The van der Waals surface area contributed by atoms with Crippen LogP contribution >= 0.6 is 0 Å². The summed E-state index contributed by atoms with van der Waals surface area (Å²) < 4.78 is 0. The van der Waals surface area contributed by atoms with Crippen LogP contribution in [0.25, 0.3) is 0 Å². The van der Waals surface area contributed by atoms with Gasteiger partial charge in [-0.05, 0) is 49.2 Å². The Bertz CT molecular complexity index is 520. The van der Waals surface area contributed by atoms with Crippen molar-refractivity contribution in [3.63, 3.8) is 0 Å². The highest BCUT2D eigenvalue weighted by atomic mass is 16.3. The molecule has 0 saturated carbocycles. The van der Waals surface area contributed by atoms with Crippen LogP contribution in [0.1, 0.15) is 25.0 Å². The highest BCUT2D eigenvalue weighted by Gasteiger charge is 2.25. The molecule has 2 aromatic carbocycles. The highest BCUT2D eigenvalue weighted by Crippen LogP contribution is 2.35. The van der Waals surface area contributed by atoms with Gasteiger partial charge in [-0.3, -0.25) is 0 Å². The summed E-state index contributed by atoms with van der Waals surface area (Å²) in [6, 6.07) is 14.4. The summed E-state index contributed by atoms with van der Waals surface area (Å²) in [4.78, 5) is 0. The van der Waals surface area contributed by atoms with E-state index in [4.69, 9.17) is 0 Å². The monoisotopic (exact) mass is 254 g/mol. The molecular weight excluding hydrogens is 236 g/mol. The number of aromatic hydroxyl groups is 2. The van der Waals surface area contributed by atoms with Crippen LogP contribution in [-0.2, 0) is 5.41 Å². The number of rotatable bonds is 3. The Morgan fingerprint density at radius 3 is 1.47 bits per heavy atom. The van der Waals surface area contributed by atoms with Gasteiger partial charge in [0.25, 0.3) is 0 Å². The molecule has 0 unspecified atom stereocenters. The summed E-state index contributed by atoms with van der Waals surface area (Å²) in [6.45, 7) is 4.10. The third-order valence-corrected chi connectivity index (χ3v) is 3.43. The van der Waals surface area contributed by atoms with Gasteiger partial charge in [-0.25, -0.2) is 0 Å². The zero-order valence-electron chi connectivity index (χ0n) is 11.2. The van der Waals surface area contributed by atoms with Crippen molar-refractivity contribution in [3.05, 3.63) is 71.8 Å². The standard InChI is InChI=1S/C17H18O2/c1-3-12-17(2,13-4-8-15(18)9-5-13)14-6-10-16(19)11-7-14/h3-12,18-19H,1-2H3. The highest BCUT2D eigenvalue weighted by molar-refractivity contribution is 5.46. The molecule has 0 amide bonds. The van der Waals surface area contributed by atoms with Gasteiger partial charge in [-0.15, -0.1) is 0 Å². The Balaban J connectivity index is 2.54. The average Bonchev–Trinajstić information content (AvgIpc) is 2.40. The molecule has 2 nitrogen and oxygen atoms in total. The Hall–Kier alpha value is -2.22. The maximum Gasteiger partial charge on any atom is 0.115 e. The molecule has 0 heterocycles. The van der Waals surface area contributed by atoms with Crippen LogP contribution in [0.15, 0.2) is 60.7 Å². The zero-order chi connectivity index (χ0) is 13.9. The Labute approximate surface area is 113 Å². The van der Waals surface area contributed by atoms with Crippen molar-refractivity contribution in [2.24, 2.45) is 0 Å². The Morgan fingerprint density at radius 2 is 1.16 bits per heavy atom. The number of phenolic OH excluding ortho intramolecular Hbond substituents is 2. The first-order valence-corrected chi connectivity index (χ1v) is 6.29. The minimum atomic E-state index is -0.282. The predicted octanol–water partition coefficient (Wildman–Crippen LogP) is 3.98. The van der Waals surface area contributed by atoms with Crippen molar-refractivity contribution < 1.29 is 10.2 Å². The summed E-state index contributed by atoms with van der Waals surface area (Å²) in [5.41, 5.74) is 1.90. The second-order valence-electron chi connectivity index (χ2n) is 4.80. The van der Waals surface area contributed by atoms with Crippen molar-refractivity contribution in [1.29, 1.82) is 0 Å². The minimum absolute atomic E-state index is 0.261. The molecule has 0 aliphatic carbocycles. The lowest BCUT2D eigenvalue weighted by atomic mass is 9.76. The van der Waals surface area contributed by atoms with Gasteiger partial charge >= 0.3 is 0 Å². The lowest BCUT2D eigenvalue weighted by molar-refractivity contribution is 0.474. The normalized spacial score (nSPS) is 11.9. The third kappa shape index (κ3) is 2.63. The molecule has 2 heteroatoms. The molecule has 98 valence electrons. The molecule has 2 rings (SSSR count). The van der Waals surface area contributed by atoms with Crippen LogP contribution in [0.3, 0.4) is 0 Å². The van der Waals surface area contributed by atoms with E-state index in [0.29, 0.717) is 0 Å². The van der Waals surface area contributed by atoms with E-state index in [0.717, 1.165) is 11.1 Å². The van der Waals surface area contributed by atoms with Gasteiger partial charge < -0.3 is 10.2 Å². The van der Waals surface area contributed by atoms with E-state index in [9.17, 15) is 10.2 Å². The quantitative estimate of drug-likeness (QED) is 0.813. The van der Waals surface area contributed by atoms with E-state index < -0.39 is 0 Å². The van der Waals surface area contributed by atoms with Crippen LogP contribution in [0.5, 0.6) is 11.5 Å². The molecule has 0 fully saturated rings. The molecule has 2 aromatic rings. The SMILES string of the molecule is CC=CC(C)(c1ccc(O)cc1)c1ccc(O)cc1. The third-order valence-electron chi connectivity index (χ3n) is 3.43. The van der Waals surface area contributed by atoms with Gasteiger partial charge in [-0.1, -0.05) is 36.4 Å². The zero-order valence-corrected chi connectivity index (χ0v) is 11.2. The van der Waals surface area contributed by atoms with E-state index in [-0.39, 0.29) is 16.9 Å². The molecule has 0 atom stereocenters. The fourth-order valence-electron chi connectivity index (χ4n) is 2.31. The summed E-state index contributed by atoms with van der Waals surface area (Å²) in [5, 5.41) is 18.8. The van der Waals surface area contributed by atoms with E-state index in [1.54, 1.807) is 24.3 Å². The topological polar surface area (TPSA) is 40.5 Å². The van der Waals surface area contributed by atoms with Crippen LogP contribution in [-0.4, -0.2) is 10.2 Å². The predicted molar refractivity (Wildman–Crippen MR) is 77.5 cm³/mol. The summed E-state index contributed by atoms with van der Waals surface area (Å²) in [5.74, 6) is 0.523. The van der Waals surface area contributed by atoms with Gasteiger partial charge in [-0.2, -0.15) is 0 Å². The fraction of sp³-hybridized carbons (Fsp3) is 0.176. The van der Waals surface area contributed by atoms with Gasteiger partial charge in [0.05, 0.1) is 0 Å². The average molecular weight is 254 g/mol. The van der Waals surface area contributed by atoms with E-state index in [1.807, 2.05) is 37.3 Å².